The van der Waals surface area contributed by atoms with Crippen LogP contribution in [-0.4, -0.2) is 11.0 Å². The van der Waals surface area contributed by atoms with Crippen molar-refractivity contribution in [3.8, 4) is 0 Å². The molecule has 1 N–H and O–H groups in total. The van der Waals surface area contributed by atoms with Gasteiger partial charge >= 0.3 is 0 Å². The van der Waals surface area contributed by atoms with Crippen molar-refractivity contribution < 1.29 is 0 Å². The highest BCUT2D eigenvalue weighted by atomic mass is 32.1. The Kier molecular flexibility index (Phi) is 2.37. The highest BCUT2D eigenvalue weighted by molar-refractivity contribution is 7.09. The molecule has 1 heterocycles. The van der Waals surface area contributed by atoms with Crippen molar-refractivity contribution in [2.45, 2.75) is 31.8 Å². The molecule has 1 aromatic rings. The number of hydrogen-bond donors (Lipinski definition) is 1. The van der Waals surface area contributed by atoms with Gasteiger partial charge in [0, 0.05) is 17.6 Å². The lowest BCUT2D eigenvalue weighted by Gasteiger charge is -2.42. The summed E-state index contributed by atoms with van der Waals surface area (Å²) in [5.74, 6) is 1.73. The number of thiazole rings is 1. The number of fused-ring (bicyclic) bond motifs is 1. The van der Waals surface area contributed by atoms with Crippen LogP contribution in [0.5, 0.6) is 0 Å². The van der Waals surface area contributed by atoms with Gasteiger partial charge in [-0.2, -0.15) is 0 Å². The summed E-state index contributed by atoms with van der Waals surface area (Å²) in [6.07, 6.45) is 9.25. The van der Waals surface area contributed by atoms with E-state index in [0.29, 0.717) is 12.1 Å². The normalized spacial score (nSPS) is 34.9. The molecule has 0 aliphatic heterocycles. The average Bonchev–Trinajstić information content (AvgIpc) is 2.82. The lowest BCUT2D eigenvalue weighted by atomic mass is 9.71. The summed E-state index contributed by atoms with van der Waals surface area (Å²) in [5, 5.41) is 6.94. The molecule has 80 valence electrons. The van der Waals surface area contributed by atoms with Gasteiger partial charge in [-0.15, -0.1) is 11.3 Å². The fourth-order valence-electron chi connectivity index (χ4n) is 2.75. The van der Waals surface area contributed by atoms with Crippen molar-refractivity contribution in [3.63, 3.8) is 0 Å². The van der Waals surface area contributed by atoms with Crippen LogP contribution < -0.4 is 5.32 Å². The summed E-state index contributed by atoms with van der Waals surface area (Å²) >= 11 is 1.74. The van der Waals surface area contributed by atoms with Gasteiger partial charge in [0.15, 0.2) is 0 Å². The van der Waals surface area contributed by atoms with Crippen LogP contribution in [0.2, 0.25) is 0 Å². The molecule has 0 bridgehead atoms. The first-order valence-electron chi connectivity index (χ1n) is 5.66. The number of aromatic nitrogens is 1. The minimum absolute atomic E-state index is 0.407. The zero-order valence-electron chi connectivity index (χ0n) is 8.89. The van der Waals surface area contributed by atoms with E-state index < -0.39 is 0 Å². The number of rotatable bonds is 3. The van der Waals surface area contributed by atoms with Gasteiger partial charge < -0.3 is 5.32 Å². The van der Waals surface area contributed by atoms with Crippen LogP contribution in [0.1, 0.15) is 30.8 Å². The van der Waals surface area contributed by atoms with Crippen LogP contribution in [0, 0.1) is 11.8 Å². The van der Waals surface area contributed by atoms with Gasteiger partial charge in [0.2, 0.25) is 0 Å². The first-order valence-corrected chi connectivity index (χ1v) is 6.54. The molecule has 4 unspecified atom stereocenters. The van der Waals surface area contributed by atoms with E-state index in [0.717, 1.165) is 11.8 Å². The van der Waals surface area contributed by atoms with E-state index in [4.69, 9.17) is 0 Å². The minimum Gasteiger partial charge on any atom is -0.305 e. The summed E-state index contributed by atoms with van der Waals surface area (Å²) in [7, 11) is 0. The first-order chi connectivity index (χ1) is 7.34. The molecular formula is C12H16N2S. The summed E-state index contributed by atoms with van der Waals surface area (Å²) in [6, 6.07) is 1.09. The van der Waals surface area contributed by atoms with Crippen molar-refractivity contribution in [2.24, 2.45) is 11.8 Å². The van der Waals surface area contributed by atoms with Crippen LogP contribution in [0.25, 0.3) is 0 Å². The summed E-state index contributed by atoms with van der Waals surface area (Å²) in [5.41, 5.74) is 0. The molecule has 0 saturated heterocycles. The number of allylic oxidation sites excluding steroid dienone is 1. The van der Waals surface area contributed by atoms with Crippen molar-refractivity contribution in [3.05, 3.63) is 28.7 Å². The Labute approximate surface area is 94.4 Å². The molecule has 0 amide bonds. The predicted molar refractivity (Wildman–Crippen MR) is 62.8 cm³/mol. The maximum Gasteiger partial charge on any atom is 0.109 e. The molecule has 1 saturated carbocycles. The zero-order valence-corrected chi connectivity index (χ0v) is 9.70. The predicted octanol–water partition coefficient (Wildman–Crippen LogP) is 2.76. The fourth-order valence-corrected chi connectivity index (χ4v) is 3.40. The zero-order chi connectivity index (χ0) is 10.3. The van der Waals surface area contributed by atoms with Gasteiger partial charge in [-0.25, -0.2) is 4.98 Å². The molecule has 15 heavy (non-hydrogen) atoms. The Morgan fingerprint density at radius 1 is 1.60 bits per heavy atom. The third-order valence-electron chi connectivity index (χ3n) is 3.65. The third kappa shape index (κ3) is 1.64. The molecule has 1 fully saturated rings. The Morgan fingerprint density at radius 2 is 2.53 bits per heavy atom. The van der Waals surface area contributed by atoms with Gasteiger partial charge in [-0.1, -0.05) is 12.2 Å². The molecule has 3 heteroatoms. The molecule has 0 aromatic carbocycles. The van der Waals surface area contributed by atoms with Crippen molar-refractivity contribution >= 4 is 11.3 Å². The van der Waals surface area contributed by atoms with Crippen LogP contribution in [0.3, 0.4) is 0 Å². The maximum absolute atomic E-state index is 4.35. The smallest absolute Gasteiger partial charge is 0.109 e. The first kappa shape index (κ1) is 9.55. The number of hydrogen-bond acceptors (Lipinski definition) is 3. The molecule has 3 rings (SSSR count). The maximum atomic E-state index is 4.35. The number of nitrogens with zero attached hydrogens (tertiary/aromatic N) is 1. The van der Waals surface area contributed by atoms with Crippen LogP contribution in [0.15, 0.2) is 23.7 Å². The van der Waals surface area contributed by atoms with E-state index in [-0.39, 0.29) is 0 Å². The number of nitrogens with one attached hydrogen (secondary N) is 1. The summed E-state index contributed by atoms with van der Waals surface area (Å²) < 4.78 is 0. The summed E-state index contributed by atoms with van der Waals surface area (Å²) in [6.45, 7) is 2.21. The minimum atomic E-state index is 0.407. The molecule has 0 radical (unpaired) electrons. The summed E-state index contributed by atoms with van der Waals surface area (Å²) in [4.78, 5) is 4.35. The second kappa shape index (κ2) is 3.72. The Morgan fingerprint density at radius 3 is 3.27 bits per heavy atom. The second-order valence-corrected chi connectivity index (χ2v) is 5.53. The molecule has 2 nitrogen and oxygen atoms in total. The van der Waals surface area contributed by atoms with Crippen LogP contribution >= 0.6 is 11.3 Å². The Balaban J connectivity index is 1.60. The van der Waals surface area contributed by atoms with E-state index in [1.54, 1.807) is 11.3 Å². The van der Waals surface area contributed by atoms with Gasteiger partial charge in [-0.3, -0.25) is 0 Å². The van der Waals surface area contributed by atoms with Crippen molar-refractivity contribution in [1.29, 1.82) is 0 Å². The van der Waals surface area contributed by atoms with Gasteiger partial charge in [0.1, 0.15) is 5.01 Å². The monoisotopic (exact) mass is 220 g/mol. The Bertz CT molecular complexity index is 358. The molecule has 2 aliphatic carbocycles. The van der Waals surface area contributed by atoms with E-state index in [1.165, 1.54) is 17.8 Å². The van der Waals surface area contributed by atoms with Gasteiger partial charge in [0.05, 0.1) is 6.04 Å². The lowest BCUT2D eigenvalue weighted by molar-refractivity contribution is 0.152. The molecular weight excluding hydrogens is 204 g/mol. The van der Waals surface area contributed by atoms with E-state index in [1.807, 2.05) is 11.6 Å². The quantitative estimate of drug-likeness (QED) is 0.792. The van der Waals surface area contributed by atoms with Crippen LogP contribution in [-0.2, 0) is 0 Å². The van der Waals surface area contributed by atoms with Crippen LogP contribution in [0.4, 0.5) is 0 Å². The van der Waals surface area contributed by atoms with E-state index in [9.17, 15) is 0 Å². The average molecular weight is 220 g/mol. The highest BCUT2D eigenvalue weighted by Gasteiger charge is 2.41. The highest BCUT2D eigenvalue weighted by Crippen LogP contribution is 2.43. The third-order valence-corrected chi connectivity index (χ3v) is 4.61. The van der Waals surface area contributed by atoms with Gasteiger partial charge in [-0.05, 0) is 31.6 Å². The lowest BCUT2D eigenvalue weighted by Crippen LogP contribution is -2.48. The van der Waals surface area contributed by atoms with E-state index >= 15 is 0 Å². The largest absolute Gasteiger partial charge is 0.305 e. The molecule has 4 atom stereocenters. The fraction of sp³-hybridized carbons (Fsp3) is 0.583. The topological polar surface area (TPSA) is 24.9 Å². The second-order valence-electron chi connectivity index (χ2n) is 4.60. The van der Waals surface area contributed by atoms with E-state index in [2.05, 4.69) is 29.4 Å². The van der Waals surface area contributed by atoms with Crippen molar-refractivity contribution in [2.75, 3.05) is 0 Å². The van der Waals surface area contributed by atoms with Gasteiger partial charge in [0.25, 0.3) is 0 Å². The molecule has 2 aliphatic rings. The standard InChI is InChI=1S/C12H16N2S/c1-8(12-13-5-6-15-12)14-11-7-9-3-2-4-10(9)11/h2,4-6,8-11,14H,3,7H2,1H3. The molecule has 1 aromatic heterocycles. The Hall–Kier alpha value is -0.670. The SMILES string of the molecule is CC(NC1CC2CC=CC21)c1nccs1. The van der Waals surface area contributed by atoms with Crippen molar-refractivity contribution in [1.82, 2.24) is 10.3 Å². The molecule has 0 spiro atoms.